The van der Waals surface area contributed by atoms with Crippen LogP contribution in [-0.4, -0.2) is 40.3 Å². The number of hydrogen-bond donors (Lipinski definition) is 2. The van der Waals surface area contributed by atoms with E-state index in [9.17, 15) is 8.42 Å². The fourth-order valence-corrected chi connectivity index (χ4v) is 5.21. The van der Waals surface area contributed by atoms with Gasteiger partial charge in [-0.25, -0.2) is 8.42 Å². The first kappa shape index (κ1) is 20.3. The Bertz CT molecular complexity index is 1180. The number of sulfonamides is 1. The Morgan fingerprint density at radius 3 is 2.70 bits per heavy atom. The van der Waals surface area contributed by atoms with Gasteiger partial charge in [0.15, 0.2) is 5.96 Å². The highest BCUT2D eigenvalue weighted by atomic mass is 32.2. The van der Waals surface area contributed by atoms with Crippen molar-refractivity contribution in [2.24, 2.45) is 4.99 Å². The van der Waals surface area contributed by atoms with E-state index in [1.807, 2.05) is 55.5 Å². The molecule has 0 amide bonds. The quantitative estimate of drug-likeness (QED) is 0.468. The van der Waals surface area contributed by atoms with Crippen molar-refractivity contribution >= 4 is 32.6 Å². The van der Waals surface area contributed by atoms with Crippen molar-refractivity contribution in [2.75, 3.05) is 30.2 Å². The highest BCUT2D eigenvalue weighted by Crippen LogP contribution is 2.29. The summed E-state index contributed by atoms with van der Waals surface area (Å²) in [7, 11) is -1.74. The third-order valence-corrected chi connectivity index (χ3v) is 7.19. The van der Waals surface area contributed by atoms with Crippen LogP contribution in [0.1, 0.15) is 16.9 Å². The average molecular weight is 427 g/mol. The number of anilines is 1. The zero-order valence-electron chi connectivity index (χ0n) is 17.2. The molecule has 158 valence electrons. The maximum atomic E-state index is 12.8. The van der Waals surface area contributed by atoms with Crippen LogP contribution in [0.3, 0.4) is 0 Å². The Hall–Kier alpha value is -3.00. The van der Waals surface area contributed by atoms with Crippen LogP contribution < -0.4 is 14.9 Å². The molecule has 4 rings (SSSR count). The number of para-hydroxylation sites is 2. The predicted molar refractivity (Wildman–Crippen MR) is 120 cm³/mol. The lowest BCUT2D eigenvalue weighted by Gasteiger charge is -2.20. The molecule has 0 fully saturated rings. The van der Waals surface area contributed by atoms with Crippen LogP contribution in [0.25, 0.3) is 11.0 Å². The van der Waals surface area contributed by atoms with E-state index in [1.165, 1.54) is 4.31 Å². The Labute approximate surface area is 176 Å². The molecular weight excluding hydrogens is 400 g/mol. The summed E-state index contributed by atoms with van der Waals surface area (Å²) in [5.74, 6) is 1.36. The SMILES string of the molecule is CN=C(NCCS(=O)(=O)N1CCc2ccccc21)NCc1oc2ccccc2c1C. The molecule has 7 nitrogen and oxygen atoms in total. The Morgan fingerprint density at radius 1 is 1.13 bits per heavy atom. The van der Waals surface area contributed by atoms with Gasteiger partial charge < -0.3 is 15.1 Å². The largest absolute Gasteiger partial charge is 0.459 e. The summed E-state index contributed by atoms with van der Waals surface area (Å²) < 4.78 is 33.0. The van der Waals surface area contributed by atoms with Gasteiger partial charge in [0, 0.05) is 31.1 Å². The first-order chi connectivity index (χ1) is 14.5. The minimum Gasteiger partial charge on any atom is -0.459 e. The number of rotatable bonds is 6. The molecule has 2 aromatic carbocycles. The first-order valence-electron chi connectivity index (χ1n) is 9.99. The summed E-state index contributed by atoms with van der Waals surface area (Å²) in [4.78, 5) is 4.18. The zero-order valence-corrected chi connectivity index (χ0v) is 18.0. The maximum absolute atomic E-state index is 12.8. The molecule has 1 aliphatic rings. The number of fused-ring (bicyclic) bond motifs is 2. The van der Waals surface area contributed by atoms with Gasteiger partial charge in [-0.1, -0.05) is 36.4 Å². The van der Waals surface area contributed by atoms with Gasteiger partial charge in [0.05, 0.1) is 18.0 Å². The number of nitrogens with zero attached hydrogens (tertiary/aromatic N) is 2. The average Bonchev–Trinajstić information content (AvgIpc) is 3.33. The van der Waals surface area contributed by atoms with Gasteiger partial charge in [0.2, 0.25) is 10.0 Å². The van der Waals surface area contributed by atoms with E-state index < -0.39 is 10.0 Å². The van der Waals surface area contributed by atoms with Crippen LogP contribution in [0.15, 0.2) is 57.9 Å². The van der Waals surface area contributed by atoms with Crippen LogP contribution in [0.2, 0.25) is 0 Å². The summed E-state index contributed by atoms with van der Waals surface area (Å²) in [6.45, 7) is 3.26. The molecule has 2 heterocycles. The Kier molecular flexibility index (Phi) is 5.67. The molecule has 30 heavy (non-hydrogen) atoms. The summed E-state index contributed by atoms with van der Waals surface area (Å²) in [5.41, 5.74) is 3.81. The van der Waals surface area contributed by atoms with Gasteiger partial charge in [0.25, 0.3) is 0 Å². The standard InChI is InChI=1S/C22H26N4O3S/c1-16-18-8-4-6-10-20(18)29-21(16)15-25-22(23-2)24-12-14-30(27,28)26-13-11-17-7-3-5-9-19(17)26/h3-10H,11-15H2,1-2H3,(H2,23,24,25). The minimum absolute atomic E-state index is 0.00823. The molecule has 0 saturated carbocycles. The second-order valence-electron chi connectivity index (χ2n) is 7.27. The number of guanidine groups is 1. The van der Waals surface area contributed by atoms with Crippen molar-refractivity contribution in [1.29, 1.82) is 0 Å². The second-order valence-corrected chi connectivity index (χ2v) is 9.28. The predicted octanol–water partition coefficient (Wildman–Crippen LogP) is 2.80. The number of furan rings is 1. The van der Waals surface area contributed by atoms with E-state index in [0.717, 1.165) is 40.0 Å². The topological polar surface area (TPSA) is 86.9 Å². The van der Waals surface area contributed by atoms with Crippen LogP contribution in [0.4, 0.5) is 5.69 Å². The van der Waals surface area contributed by atoms with Crippen molar-refractivity contribution in [1.82, 2.24) is 10.6 Å². The molecular formula is C22H26N4O3S. The first-order valence-corrected chi connectivity index (χ1v) is 11.6. The summed E-state index contributed by atoms with van der Waals surface area (Å²) in [6, 6.07) is 15.6. The van der Waals surface area contributed by atoms with Gasteiger partial charge in [-0.15, -0.1) is 0 Å². The molecule has 1 aromatic heterocycles. The van der Waals surface area contributed by atoms with E-state index in [4.69, 9.17) is 4.42 Å². The van der Waals surface area contributed by atoms with Crippen molar-refractivity contribution in [3.63, 3.8) is 0 Å². The van der Waals surface area contributed by atoms with Crippen molar-refractivity contribution in [3.05, 3.63) is 65.4 Å². The fraction of sp³-hybridized carbons (Fsp3) is 0.318. The summed E-state index contributed by atoms with van der Waals surface area (Å²) in [6.07, 6.45) is 0.753. The highest BCUT2D eigenvalue weighted by Gasteiger charge is 2.28. The molecule has 3 aromatic rings. The summed E-state index contributed by atoms with van der Waals surface area (Å²) >= 11 is 0. The molecule has 0 bridgehead atoms. The third kappa shape index (κ3) is 4.00. The molecule has 0 radical (unpaired) electrons. The molecule has 0 atom stereocenters. The second kappa shape index (κ2) is 8.39. The van der Waals surface area contributed by atoms with Crippen molar-refractivity contribution < 1.29 is 12.8 Å². The molecule has 0 saturated heterocycles. The number of aliphatic imine (C=N–C) groups is 1. The lowest BCUT2D eigenvalue weighted by Crippen LogP contribution is -2.41. The van der Waals surface area contributed by atoms with Crippen LogP contribution >= 0.6 is 0 Å². The van der Waals surface area contributed by atoms with Crippen LogP contribution in [-0.2, 0) is 23.0 Å². The zero-order chi connectivity index (χ0) is 21.1. The third-order valence-electron chi connectivity index (χ3n) is 5.42. The van der Waals surface area contributed by atoms with Crippen LogP contribution in [0.5, 0.6) is 0 Å². The molecule has 0 unspecified atom stereocenters. The van der Waals surface area contributed by atoms with Gasteiger partial charge in [-0.05, 0) is 31.0 Å². The fourth-order valence-electron chi connectivity index (χ4n) is 3.78. The van der Waals surface area contributed by atoms with E-state index in [0.29, 0.717) is 19.0 Å². The highest BCUT2D eigenvalue weighted by molar-refractivity contribution is 7.92. The molecule has 1 aliphatic heterocycles. The van der Waals surface area contributed by atoms with E-state index in [2.05, 4.69) is 15.6 Å². The van der Waals surface area contributed by atoms with Gasteiger partial charge in [-0.3, -0.25) is 9.30 Å². The molecule has 0 spiro atoms. The van der Waals surface area contributed by atoms with Crippen molar-refractivity contribution in [3.8, 4) is 0 Å². The number of hydrogen-bond acceptors (Lipinski definition) is 4. The normalized spacial score (nSPS) is 14.2. The van der Waals surface area contributed by atoms with Gasteiger partial charge in [0.1, 0.15) is 11.3 Å². The number of nitrogens with one attached hydrogen (secondary N) is 2. The van der Waals surface area contributed by atoms with Gasteiger partial charge >= 0.3 is 0 Å². The monoisotopic (exact) mass is 426 g/mol. The molecule has 2 N–H and O–H groups in total. The van der Waals surface area contributed by atoms with E-state index in [1.54, 1.807) is 7.05 Å². The lowest BCUT2D eigenvalue weighted by molar-refractivity contribution is 0.534. The Morgan fingerprint density at radius 2 is 1.90 bits per heavy atom. The van der Waals surface area contributed by atoms with Gasteiger partial charge in [-0.2, -0.15) is 0 Å². The van der Waals surface area contributed by atoms with E-state index in [-0.39, 0.29) is 12.3 Å². The van der Waals surface area contributed by atoms with Crippen molar-refractivity contribution in [2.45, 2.75) is 19.9 Å². The lowest BCUT2D eigenvalue weighted by atomic mass is 10.1. The van der Waals surface area contributed by atoms with E-state index >= 15 is 0 Å². The number of aryl methyl sites for hydroxylation is 1. The maximum Gasteiger partial charge on any atom is 0.236 e. The Balaban J connectivity index is 1.33. The molecule has 0 aliphatic carbocycles. The minimum atomic E-state index is -3.40. The molecule has 8 heteroatoms. The number of benzene rings is 2. The summed E-state index contributed by atoms with van der Waals surface area (Å²) in [5, 5.41) is 7.38. The smallest absolute Gasteiger partial charge is 0.236 e. The van der Waals surface area contributed by atoms with Crippen LogP contribution in [0, 0.1) is 6.92 Å².